The highest BCUT2D eigenvalue weighted by molar-refractivity contribution is 7.14. The Morgan fingerprint density at radius 2 is 1.93 bits per heavy atom. The lowest BCUT2D eigenvalue weighted by atomic mass is 9.76. The third-order valence-corrected chi connectivity index (χ3v) is 7.89. The molecule has 2 saturated carbocycles. The standard InChI is InChI=1S/C24H32N2O2S/c1-26-13-12-20(17-7-9-18(25)10-8-17)22(15-26)21-14-19(29-23(21)24(27)28)11-6-16-4-2-3-5-16/h14,16-18H,2-5,7-10,12-13,15,25H2,1H3,(H,27,28). The molecule has 1 aromatic heterocycles. The SMILES string of the molecule is CN1CCC(C2CCC(N)CC2)=C(c2cc(C#CC3CCCC3)sc2C(=O)O)C1. The van der Waals surface area contributed by atoms with Crippen LogP contribution < -0.4 is 5.73 Å². The van der Waals surface area contributed by atoms with Crippen LogP contribution in [0.3, 0.4) is 0 Å². The zero-order chi connectivity index (χ0) is 20.4. The summed E-state index contributed by atoms with van der Waals surface area (Å²) in [5, 5.41) is 9.90. The van der Waals surface area contributed by atoms with Gasteiger partial charge in [0.15, 0.2) is 0 Å². The summed E-state index contributed by atoms with van der Waals surface area (Å²) in [5.41, 5.74) is 9.76. The summed E-state index contributed by atoms with van der Waals surface area (Å²) in [7, 11) is 2.13. The van der Waals surface area contributed by atoms with Crippen molar-refractivity contribution in [2.75, 3.05) is 20.1 Å². The van der Waals surface area contributed by atoms with Crippen molar-refractivity contribution in [1.29, 1.82) is 0 Å². The summed E-state index contributed by atoms with van der Waals surface area (Å²) in [6, 6.07) is 2.38. The van der Waals surface area contributed by atoms with Crippen molar-refractivity contribution in [3.05, 3.63) is 27.0 Å². The first-order chi connectivity index (χ1) is 14.0. The summed E-state index contributed by atoms with van der Waals surface area (Å²) in [4.78, 5) is 15.7. The van der Waals surface area contributed by atoms with Gasteiger partial charge in [0.05, 0.1) is 4.88 Å². The first-order valence-corrected chi connectivity index (χ1v) is 11.9. The average molecular weight is 413 g/mol. The van der Waals surface area contributed by atoms with Crippen LogP contribution in [0.1, 0.15) is 77.9 Å². The Morgan fingerprint density at radius 3 is 2.62 bits per heavy atom. The topological polar surface area (TPSA) is 66.6 Å². The Kier molecular flexibility index (Phi) is 6.44. The van der Waals surface area contributed by atoms with Crippen LogP contribution >= 0.6 is 11.3 Å². The highest BCUT2D eigenvalue weighted by Gasteiger charge is 2.30. The first-order valence-electron chi connectivity index (χ1n) is 11.1. The van der Waals surface area contributed by atoms with Crippen molar-refractivity contribution >= 4 is 22.9 Å². The molecule has 0 aromatic carbocycles. The second kappa shape index (κ2) is 9.04. The molecule has 5 heteroatoms. The number of hydrogen-bond acceptors (Lipinski definition) is 4. The quantitative estimate of drug-likeness (QED) is 0.713. The van der Waals surface area contributed by atoms with E-state index in [0.717, 1.165) is 55.6 Å². The summed E-state index contributed by atoms with van der Waals surface area (Å²) in [6.07, 6.45) is 10.3. The van der Waals surface area contributed by atoms with E-state index in [1.165, 1.54) is 48.2 Å². The molecule has 0 unspecified atom stereocenters. The van der Waals surface area contributed by atoms with Crippen molar-refractivity contribution in [2.24, 2.45) is 17.6 Å². The van der Waals surface area contributed by atoms with Gasteiger partial charge in [0.1, 0.15) is 4.88 Å². The molecule has 1 aliphatic heterocycles. The number of thiophene rings is 1. The smallest absolute Gasteiger partial charge is 0.346 e. The molecule has 0 amide bonds. The second-order valence-electron chi connectivity index (χ2n) is 9.01. The van der Waals surface area contributed by atoms with E-state index in [2.05, 4.69) is 29.9 Å². The van der Waals surface area contributed by atoms with Gasteiger partial charge < -0.3 is 15.7 Å². The average Bonchev–Trinajstić information content (AvgIpc) is 3.37. The molecule has 3 N–H and O–H groups in total. The van der Waals surface area contributed by atoms with Gasteiger partial charge in [-0.15, -0.1) is 11.3 Å². The molecular formula is C24H32N2O2S. The summed E-state index contributed by atoms with van der Waals surface area (Å²) >= 11 is 1.35. The molecule has 156 valence electrons. The highest BCUT2D eigenvalue weighted by atomic mass is 32.1. The van der Waals surface area contributed by atoms with Gasteiger partial charge in [-0.05, 0) is 69.6 Å². The number of carbonyl (C=O) groups is 1. The van der Waals surface area contributed by atoms with E-state index < -0.39 is 5.97 Å². The predicted molar refractivity (Wildman–Crippen MR) is 119 cm³/mol. The van der Waals surface area contributed by atoms with E-state index in [1.807, 2.05) is 0 Å². The normalized spacial score (nSPS) is 26.4. The molecule has 0 bridgehead atoms. The second-order valence-corrected chi connectivity index (χ2v) is 10.1. The van der Waals surface area contributed by atoms with E-state index in [4.69, 9.17) is 5.73 Å². The zero-order valence-corrected chi connectivity index (χ0v) is 18.2. The van der Waals surface area contributed by atoms with Crippen molar-refractivity contribution in [2.45, 2.75) is 63.8 Å². The Hall–Kier alpha value is -1.61. The van der Waals surface area contributed by atoms with Gasteiger partial charge in [0.2, 0.25) is 0 Å². The van der Waals surface area contributed by atoms with Crippen LogP contribution in [0.25, 0.3) is 5.57 Å². The monoisotopic (exact) mass is 412 g/mol. The molecular weight excluding hydrogens is 380 g/mol. The van der Waals surface area contributed by atoms with Crippen LogP contribution in [-0.4, -0.2) is 42.2 Å². The largest absolute Gasteiger partial charge is 0.477 e. The van der Waals surface area contributed by atoms with Gasteiger partial charge >= 0.3 is 5.97 Å². The Morgan fingerprint density at radius 1 is 1.21 bits per heavy atom. The molecule has 0 atom stereocenters. The van der Waals surface area contributed by atoms with Crippen molar-refractivity contribution in [3.63, 3.8) is 0 Å². The first kappa shape index (κ1) is 20.7. The lowest BCUT2D eigenvalue weighted by Gasteiger charge is -2.35. The van der Waals surface area contributed by atoms with E-state index in [1.54, 1.807) is 0 Å². The molecule has 0 saturated heterocycles. The van der Waals surface area contributed by atoms with E-state index in [0.29, 0.717) is 22.8 Å². The number of aromatic carboxylic acids is 1. The van der Waals surface area contributed by atoms with Crippen LogP contribution in [0.15, 0.2) is 11.6 Å². The summed E-state index contributed by atoms with van der Waals surface area (Å²) in [6.45, 7) is 1.87. The van der Waals surface area contributed by atoms with Gasteiger partial charge in [0, 0.05) is 30.6 Å². The minimum atomic E-state index is -0.829. The van der Waals surface area contributed by atoms with Crippen LogP contribution in [0.5, 0.6) is 0 Å². The van der Waals surface area contributed by atoms with Gasteiger partial charge in [-0.3, -0.25) is 0 Å². The number of carboxylic acids is 1. The molecule has 4 rings (SSSR count). The Balaban J connectivity index is 1.70. The number of hydrogen-bond donors (Lipinski definition) is 2. The molecule has 1 aromatic rings. The molecule has 2 fully saturated rings. The van der Waals surface area contributed by atoms with E-state index in [9.17, 15) is 9.90 Å². The number of nitrogens with zero attached hydrogens (tertiary/aromatic N) is 1. The maximum atomic E-state index is 12.1. The molecule has 2 heterocycles. The van der Waals surface area contributed by atoms with Gasteiger partial charge in [-0.25, -0.2) is 4.79 Å². The summed E-state index contributed by atoms with van der Waals surface area (Å²) < 4.78 is 0. The van der Waals surface area contributed by atoms with Gasteiger partial charge in [-0.1, -0.05) is 30.3 Å². The Labute approximate surface area is 178 Å². The number of carboxylic acid groups (broad SMARTS) is 1. The fraction of sp³-hybridized carbons (Fsp3) is 0.625. The number of rotatable bonds is 3. The van der Waals surface area contributed by atoms with Crippen LogP contribution in [-0.2, 0) is 0 Å². The molecule has 2 aliphatic carbocycles. The lowest BCUT2D eigenvalue weighted by molar-refractivity contribution is 0.0702. The third-order valence-electron chi connectivity index (χ3n) is 6.85. The number of likely N-dealkylation sites (N-methyl/N-ethyl adjacent to an activating group) is 1. The van der Waals surface area contributed by atoms with E-state index >= 15 is 0 Å². The van der Waals surface area contributed by atoms with Gasteiger partial charge in [-0.2, -0.15) is 0 Å². The maximum absolute atomic E-state index is 12.1. The molecule has 29 heavy (non-hydrogen) atoms. The van der Waals surface area contributed by atoms with Crippen molar-refractivity contribution < 1.29 is 9.90 Å². The third kappa shape index (κ3) is 4.77. The van der Waals surface area contributed by atoms with Crippen molar-refractivity contribution in [3.8, 4) is 11.8 Å². The fourth-order valence-electron chi connectivity index (χ4n) is 5.17. The minimum Gasteiger partial charge on any atom is -0.477 e. The number of nitrogens with two attached hydrogens (primary N) is 1. The van der Waals surface area contributed by atoms with E-state index in [-0.39, 0.29) is 0 Å². The Bertz CT molecular complexity index is 846. The molecule has 0 spiro atoms. The summed E-state index contributed by atoms with van der Waals surface area (Å²) in [5.74, 6) is 6.90. The van der Waals surface area contributed by atoms with Crippen LogP contribution in [0.2, 0.25) is 0 Å². The lowest BCUT2D eigenvalue weighted by Crippen LogP contribution is -2.32. The predicted octanol–water partition coefficient (Wildman–Crippen LogP) is 4.59. The van der Waals surface area contributed by atoms with Crippen molar-refractivity contribution in [1.82, 2.24) is 4.90 Å². The minimum absolute atomic E-state index is 0.328. The highest BCUT2D eigenvalue weighted by Crippen LogP contribution is 2.40. The van der Waals surface area contributed by atoms with Crippen LogP contribution in [0, 0.1) is 23.7 Å². The molecule has 3 aliphatic rings. The van der Waals surface area contributed by atoms with Crippen LogP contribution in [0.4, 0.5) is 0 Å². The maximum Gasteiger partial charge on any atom is 0.346 e. The van der Waals surface area contributed by atoms with Gasteiger partial charge in [0.25, 0.3) is 0 Å². The molecule has 0 radical (unpaired) electrons. The zero-order valence-electron chi connectivity index (χ0n) is 17.4. The molecule has 4 nitrogen and oxygen atoms in total. The fourth-order valence-corrected chi connectivity index (χ4v) is 6.05.